The molecule has 2 amide bonds. The van der Waals surface area contributed by atoms with Crippen LogP contribution < -0.4 is 11.5 Å². The van der Waals surface area contributed by atoms with Crippen LogP contribution in [0.5, 0.6) is 0 Å². The fourth-order valence-electron chi connectivity index (χ4n) is 0.255. The van der Waals surface area contributed by atoms with Gasteiger partial charge in [0.2, 0.25) is 0 Å². The Morgan fingerprint density at radius 2 is 1.60 bits per heavy atom. The van der Waals surface area contributed by atoms with Gasteiger partial charge in [0.05, 0.1) is 0 Å². The molecule has 88 valence electrons. The van der Waals surface area contributed by atoms with Gasteiger partial charge in [0.1, 0.15) is 0 Å². The summed E-state index contributed by atoms with van der Waals surface area (Å²) < 4.78 is 4.33. The highest BCUT2D eigenvalue weighted by Crippen LogP contribution is 1.94. The number of aliphatic hydroxyl groups is 1. The Hall–Kier alpha value is -1.82. The zero-order valence-electron chi connectivity index (χ0n) is 9.03. The van der Waals surface area contributed by atoms with Crippen molar-refractivity contribution < 1.29 is 19.4 Å². The molecule has 15 heavy (non-hydrogen) atoms. The average molecular weight is 218 g/mol. The summed E-state index contributed by atoms with van der Waals surface area (Å²) in [5.41, 5.74) is 8.79. The summed E-state index contributed by atoms with van der Waals surface area (Å²) in [5, 5.41) is 8.49. The second-order valence-corrected chi connectivity index (χ2v) is 2.19. The molecule has 0 rings (SSSR count). The Balaban J connectivity index is -0.000000202. The van der Waals surface area contributed by atoms with Crippen LogP contribution >= 0.6 is 0 Å². The molecular formula is C9H18N2O4. The van der Waals surface area contributed by atoms with E-state index in [1.165, 1.54) is 13.8 Å². The van der Waals surface area contributed by atoms with Crippen molar-refractivity contribution >= 4 is 12.0 Å². The standard InChI is InChI=1S/C6H10O3.C2H4.CH4N2O/c1-4(2)6(8)9-5(3)7;1-2;2-1(3)4/h5,7H,1H2,2-3H3;1-2H2;(H4,2,3,4). The molecule has 1 unspecified atom stereocenters. The summed E-state index contributed by atoms with van der Waals surface area (Å²) in [4.78, 5) is 19.5. The van der Waals surface area contributed by atoms with Crippen molar-refractivity contribution in [3.05, 3.63) is 25.3 Å². The maximum atomic E-state index is 10.5. The monoisotopic (exact) mass is 218 g/mol. The van der Waals surface area contributed by atoms with E-state index in [2.05, 4.69) is 35.9 Å². The topological polar surface area (TPSA) is 116 Å². The van der Waals surface area contributed by atoms with Gasteiger partial charge in [0.15, 0.2) is 6.29 Å². The third-order valence-corrected chi connectivity index (χ3v) is 0.626. The van der Waals surface area contributed by atoms with Gasteiger partial charge in [-0.3, -0.25) is 0 Å². The van der Waals surface area contributed by atoms with Crippen molar-refractivity contribution in [2.75, 3.05) is 0 Å². The number of urea groups is 1. The van der Waals surface area contributed by atoms with Crippen molar-refractivity contribution in [1.82, 2.24) is 0 Å². The Labute approximate surface area is 89.2 Å². The summed E-state index contributed by atoms with van der Waals surface area (Å²) in [6, 6.07) is -0.833. The van der Waals surface area contributed by atoms with Crippen LogP contribution in [-0.2, 0) is 9.53 Å². The molecule has 0 aliphatic heterocycles. The van der Waals surface area contributed by atoms with Crippen molar-refractivity contribution in [3.63, 3.8) is 0 Å². The van der Waals surface area contributed by atoms with Crippen LogP contribution in [0.1, 0.15) is 13.8 Å². The van der Waals surface area contributed by atoms with Crippen LogP contribution in [0, 0.1) is 0 Å². The first-order chi connectivity index (χ1) is 6.77. The maximum Gasteiger partial charge on any atom is 0.335 e. The van der Waals surface area contributed by atoms with Gasteiger partial charge in [0, 0.05) is 5.57 Å². The van der Waals surface area contributed by atoms with Gasteiger partial charge >= 0.3 is 12.0 Å². The van der Waals surface area contributed by atoms with E-state index in [9.17, 15) is 4.79 Å². The fourth-order valence-corrected chi connectivity index (χ4v) is 0.255. The number of ether oxygens (including phenoxy) is 1. The highest BCUT2D eigenvalue weighted by molar-refractivity contribution is 5.86. The molecule has 0 saturated heterocycles. The summed E-state index contributed by atoms with van der Waals surface area (Å²) in [6.07, 6.45) is -1.05. The second kappa shape index (κ2) is 12.2. The first kappa shape index (κ1) is 18.9. The summed E-state index contributed by atoms with van der Waals surface area (Å²) in [6.45, 7) is 12.2. The molecule has 0 aromatic heterocycles. The predicted octanol–water partition coefficient (Wildman–Crippen LogP) is 0.270. The molecule has 0 heterocycles. The molecule has 0 aromatic rings. The highest BCUT2D eigenvalue weighted by atomic mass is 16.6. The van der Waals surface area contributed by atoms with Gasteiger partial charge in [-0.2, -0.15) is 0 Å². The SMILES string of the molecule is C=C.C=C(C)C(=O)OC(C)O.NC(N)=O. The molecule has 0 bridgehead atoms. The van der Waals surface area contributed by atoms with Gasteiger partial charge in [-0.1, -0.05) is 6.58 Å². The van der Waals surface area contributed by atoms with Crippen LogP contribution in [-0.4, -0.2) is 23.4 Å². The molecule has 6 nitrogen and oxygen atoms in total. The largest absolute Gasteiger partial charge is 0.433 e. The lowest BCUT2D eigenvalue weighted by Gasteiger charge is -2.04. The number of nitrogens with two attached hydrogens (primary N) is 2. The minimum Gasteiger partial charge on any atom is -0.433 e. The maximum absolute atomic E-state index is 10.5. The van der Waals surface area contributed by atoms with Gasteiger partial charge in [0.25, 0.3) is 0 Å². The normalized spacial score (nSPS) is 9.27. The number of amides is 2. The van der Waals surface area contributed by atoms with E-state index >= 15 is 0 Å². The Morgan fingerprint density at radius 1 is 1.33 bits per heavy atom. The molecule has 0 aliphatic rings. The van der Waals surface area contributed by atoms with Crippen molar-refractivity contribution in [1.29, 1.82) is 0 Å². The zero-order valence-corrected chi connectivity index (χ0v) is 9.03. The second-order valence-electron chi connectivity index (χ2n) is 2.19. The van der Waals surface area contributed by atoms with Crippen LogP contribution in [0.4, 0.5) is 4.79 Å². The smallest absolute Gasteiger partial charge is 0.335 e. The van der Waals surface area contributed by atoms with Crippen LogP contribution in [0.2, 0.25) is 0 Å². The molecule has 1 atom stereocenters. The molecule has 0 fully saturated rings. The van der Waals surface area contributed by atoms with Gasteiger partial charge in [-0.05, 0) is 13.8 Å². The number of carbonyl (C=O) groups excluding carboxylic acids is 2. The zero-order chi connectivity index (χ0) is 13.0. The van der Waals surface area contributed by atoms with Crippen molar-refractivity contribution in [2.45, 2.75) is 20.1 Å². The van der Waals surface area contributed by atoms with E-state index in [1.807, 2.05) is 0 Å². The predicted molar refractivity (Wildman–Crippen MR) is 57.6 cm³/mol. The Kier molecular flexibility index (Phi) is 15.3. The molecule has 0 radical (unpaired) electrons. The first-order valence-electron chi connectivity index (χ1n) is 3.86. The van der Waals surface area contributed by atoms with Crippen LogP contribution in [0.3, 0.4) is 0 Å². The third-order valence-electron chi connectivity index (χ3n) is 0.626. The lowest BCUT2D eigenvalue weighted by Crippen LogP contribution is -2.18. The fraction of sp³-hybridized carbons (Fsp3) is 0.333. The van der Waals surface area contributed by atoms with E-state index in [0.29, 0.717) is 0 Å². The molecule has 0 saturated carbocycles. The lowest BCUT2D eigenvalue weighted by atomic mass is 10.4. The van der Waals surface area contributed by atoms with E-state index < -0.39 is 18.3 Å². The number of hydrogen-bond acceptors (Lipinski definition) is 4. The lowest BCUT2D eigenvalue weighted by molar-refractivity contribution is -0.159. The van der Waals surface area contributed by atoms with E-state index in [1.54, 1.807) is 0 Å². The average Bonchev–Trinajstić information content (AvgIpc) is 2.05. The van der Waals surface area contributed by atoms with Crippen LogP contribution in [0.25, 0.3) is 0 Å². The minimum absolute atomic E-state index is 0.288. The molecule has 0 aromatic carbocycles. The molecular weight excluding hydrogens is 200 g/mol. The van der Waals surface area contributed by atoms with Crippen molar-refractivity contribution in [2.24, 2.45) is 11.5 Å². The van der Waals surface area contributed by atoms with Gasteiger partial charge in [-0.25, -0.2) is 9.59 Å². The van der Waals surface area contributed by atoms with E-state index in [0.717, 1.165) is 0 Å². The summed E-state index contributed by atoms with van der Waals surface area (Å²) in [5.74, 6) is -0.565. The van der Waals surface area contributed by atoms with Crippen LogP contribution in [0.15, 0.2) is 25.3 Å². The number of aliphatic hydroxyl groups excluding tert-OH is 1. The first-order valence-corrected chi connectivity index (χ1v) is 3.86. The van der Waals surface area contributed by atoms with Gasteiger partial charge < -0.3 is 21.3 Å². The number of primary amides is 2. The summed E-state index contributed by atoms with van der Waals surface area (Å²) >= 11 is 0. The van der Waals surface area contributed by atoms with Crippen molar-refractivity contribution in [3.8, 4) is 0 Å². The Morgan fingerprint density at radius 3 is 1.67 bits per heavy atom. The van der Waals surface area contributed by atoms with Gasteiger partial charge in [-0.15, -0.1) is 13.2 Å². The number of carbonyl (C=O) groups is 2. The molecule has 0 spiro atoms. The van der Waals surface area contributed by atoms with E-state index in [-0.39, 0.29) is 5.57 Å². The van der Waals surface area contributed by atoms with E-state index in [4.69, 9.17) is 9.90 Å². The Bertz CT molecular complexity index is 210. The highest BCUT2D eigenvalue weighted by Gasteiger charge is 2.04. The quantitative estimate of drug-likeness (QED) is 0.267. The minimum atomic E-state index is -1.05. The summed E-state index contributed by atoms with van der Waals surface area (Å²) in [7, 11) is 0. The molecule has 6 heteroatoms. The third kappa shape index (κ3) is 33.0. The number of rotatable bonds is 2. The molecule has 5 N–H and O–H groups in total. The number of hydrogen-bond donors (Lipinski definition) is 3. The molecule has 0 aliphatic carbocycles. The number of esters is 1.